The SMILES string of the molecule is Cc1cccc2c1cc(C1CCCC1)[s+]2C(F)(F)F.[O-][Br+2]([O-])[O-]. The van der Waals surface area contributed by atoms with Crippen molar-refractivity contribution in [3.8, 4) is 0 Å². The summed E-state index contributed by atoms with van der Waals surface area (Å²) in [6.07, 6.45) is 3.95. The van der Waals surface area contributed by atoms with E-state index in [0.717, 1.165) is 36.6 Å². The smallest absolute Gasteiger partial charge is 0.405 e. The number of alkyl halides is 3. The van der Waals surface area contributed by atoms with Crippen LogP contribution in [0.5, 0.6) is 0 Å². The third kappa shape index (κ3) is 4.45. The third-order valence-electron chi connectivity index (χ3n) is 4.02. The summed E-state index contributed by atoms with van der Waals surface area (Å²) in [4.78, 5) is 0.634. The molecular formula is C15H16BrF3O3S. The summed E-state index contributed by atoms with van der Waals surface area (Å²) in [5.41, 5.74) is -3.19. The Hall–Kier alpha value is -0.670. The molecule has 0 radical (unpaired) electrons. The minimum atomic E-state index is -4.15. The standard InChI is InChI=1S/C15H16F3S.BrO3/c1-10-5-4-8-13-12(10)9-14(11-6-2-3-7-11)19(13)15(16,17)18;2-1(3)4/h4-5,8-9,11H,2-3,6-7H2,1H3;/q+1;-1. The highest BCUT2D eigenvalue weighted by Crippen LogP contribution is 2.55. The fourth-order valence-electron chi connectivity index (χ4n) is 3.10. The molecule has 128 valence electrons. The molecule has 1 atom stereocenters. The van der Waals surface area contributed by atoms with Crippen LogP contribution in [0.4, 0.5) is 13.2 Å². The van der Waals surface area contributed by atoms with Crippen LogP contribution in [0, 0.1) is 21.7 Å². The Bertz CT molecular complexity index is 661. The molecule has 1 aliphatic rings. The molecule has 3 rings (SSSR count). The Morgan fingerprint density at radius 2 is 1.70 bits per heavy atom. The third-order valence-corrected chi connectivity index (χ3v) is 6.20. The number of rotatable bonds is 1. The van der Waals surface area contributed by atoms with Crippen molar-refractivity contribution in [2.45, 2.75) is 44.0 Å². The molecule has 0 aliphatic heterocycles. The van der Waals surface area contributed by atoms with Gasteiger partial charge >= 0.3 is 5.51 Å². The Morgan fingerprint density at radius 3 is 2.22 bits per heavy atom. The lowest BCUT2D eigenvalue weighted by Gasteiger charge is -2.05. The van der Waals surface area contributed by atoms with Crippen LogP contribution in [0.25, 0.3) is 10.1 Å². The maximum atomic E-state index is 13.4. The molecule has 1 aromatic carbocycles. The number of aryl methyl sites for hydroxylation is 1. The number of hydrogen-bond acceptors (Lipinski definition) is 3. The summed E-state index contributed by atoms with van der Waals surface area (Å²) in [7, 11) is -1.70. The second-order valence-corrected chi connectivity index (χ2v) is 8.24. The second kappa shape index (κ2) is 7.48. The second-order valence-electron chi connectivity index (χ2n) is 5.46. The zero-order chi connectivity index (χ0) is 17.2. The van der Waals surface area contributed by atoms with Crippen LogP contribution in [0.3, 0.4) is 0 Å². The molecule has 0 spiro atoms. The van der Waals surface area contributed by atoms with Crippen LogP contribution >= 0.6 is 10.5 Å². The Kier molecular flexibility index (Phi) is 6.07. The average molecular weight is 413 g/mol. The van der Waals surface area contributed by atoms with Gasteiger partial charge in [0.2, 0.25) is 14.8 Å². The van der Waals surface area contributed by atoms with Crippen molar-refractivity contribution in [2.24, 2.45) is 0 Å². The number of halogens is 4. The number of hydrogen-bond donors (Lipinski definition) is 0. The molecule has 1 aromatic heterocycles. The van der Waals surface area contributed by atoms with E-state index in [1.165, 1.54) is 0 Å². The molecule has 0 amide bonds. The first kappa shape index (κ1) is 18.7. The molecule has 0 saturated heterocycles. The van der Waals surface area contributed by atoms with Gasteiger partial charge in [0.05, 0.1) is 10.5 Å². The van der Waals surface area contributed by atoms with E-state index in [2.05, 4.69) is 0 Å². The molecular weight excluding hydrogens is 397 g/mol. The summed E-state index contributed by atoms with van der Waals surface area (Å²) in [6.45, 7) is 1.89. The van der Waals surface area contributed by atoms with E-state index in [0.29, 0.717) is 9.58 Å². The van der Waals surface area contributed by atoms with Gasteiger partial charge in [0.1, 0.15) is 0 Å². The molecule has 8 heteroatoms. The molecule has 1 unspecified atom stereocenters. The van der Waals surface area contributed by atoms with Gasteiger partial charge in [-0.1, -0.05) is 25.0 Å². The lowest BCUT2D eigenvalue weighted by molar-refractivity contribution is -1.73. The molecule has 1 aliphatic carbocycles. The minimum absolute atomic E-state index is 0.136. The van der Waals surface area contributed by atoms with E-state index in [-0.39, 0.29) is 5.92 Å². The van der Waals surface area contributed by atoms with Gasteiger partial charge in [-0.3, -0.25) is 0 Å². The topological polar surface area (TPSA) is 69.2 Å². The van der Waals surface area contributed by atoms with Gasteiger partial charge in [-0.25, -0.2) is 0 Å². The summed E-state index contributed by atoms with van der Waals surface area (Å²) in [6, 6.07) is 7.12. The van der Waals surface area contributed by atoms with Gasteiger partial charge in [-0.2, -0.15) is 0 Å². The van der Waals surface area contributed by atoms with Gasteiger partial charge in [0.15, 0.2) is 9.58 Å². The molecule has 0 bridgehead atoms. The summed E-state index contributed by atoms with van der Waals surface area (Å²) >= 11 is -3.65. The highest BCUT2D eigenvalue weighted by Gasteiger charge is 2.49. The van der Waals surface area contributed by atoms with Crippen LogP contribution in [0.1, 0.15) is 42.0 Å². The summed E-state index contributed by atoms with van der Waals surface area (Å²) in [5, 5.41) is 0.810. The predicted molar refractivity (Wildman–Crippen MR) is 73.7 cm³/mol. The predicted octanol–water partition coefficient (Wildman–Crippen LogP) is 2.46. The molecule has 3 nitrogen and oxygen atoms in total. The van der Waals surface area contributed by atoms with E-state index in [4.69, 9.17) is 12.6 Å². The number of thiophene rings is 1. The summed E-state index contributed by atoms with van der Waals surface area (Å²) < 4.78 is 66.4. The van der Waals surface area contributed by atoms with Gasteiger partial charge in [0.25, 0.3) is 0 Å². The fraction of sp³-hybridized carbons (Fsp3) is 0.467. The van der Waals surface area contributed by atoms with Crippen molar-refractivity contribution < 1.29 is 40.6 Å². The van der Waals surface area contributed by atoms with Gasteiger partial charge in [-0.15, -0.1) is 13.2 Å². The average Bonchev–Trinajstić information content (AvgIpc) is 3.04. The minimum Gasteiger partial charge on any atom is -0.405 e. The van der Waals surface area contributed by atoms with Crippen LogP contribution in [0.2, 0.25) is 0 Å². The van der Waals surface area contributed by atoms with Crippen LogP contribution in [-0.4, -0.2) is 0 Å². The van der Waals surface area contributed by atoms with E-state index in [1.807, 2.05) is 19.1 Å². The maximum Gasteiger partial charge on any atom is 0.600 e. The molecule has 1 saturated carbocycles. The largest absolute Gasteiger partial charge is 0.600 e. The van der Waals surface area contributed by atoms with Crippen molar-refractivity contribution >= 4 is 20.6 Å². The van der Waals surface area contributed by atoms with E-state index >= 15 is 0 Å². The van der Waals surface area contributed by atoms with Crippen molar-refractivity contribution in [2.75, 3.05) is 0 Å². The van der Waals surface area contributed by atoms with Gasteiger partial charge in [0, 0.05) is 17.4 Å². The van der Waals surface area contributed by atoms with Crippen molar-refractivity contribution in [1.82, 2.24) is 0 Å². The number of fused-ring (bicyclic) bond motifs is 1. The zero-order valence-corrected chi connectivity index (χ0v) is 14.8. The fourth-order valence-corrected chi connectivity index (χ4v) is 5.33. The quantitative estimate of drug-likeness (QED) is 0.675. The van der Waals surface area contributed by atoms with Crippen molar-refractivity contribution in [3.05, 3.63) is 34.7 Å². The Labute approximate surface area is 140 Å². The lowest BCUT2D eigenvalue weighted by Crippen LogP contribution is -2.42. The molecule has 1 heterocycles. The van der Waals surface area contributed by atoms with E-state index in [1.54, 1.807) is 12.1 Å². The van der Waals surface area contributed by atoms with E-state index in [9.17, 15) is 13.2 Å². The van der Waals surface area contributed by atoms with Gasteiger partial charge < -0.3 is 12.6 Å². The van der Waals surface area contributed by atoms with E-state index < -0.39 is 30.8 Å². The molecule has 0 N–H and O–H groups in total. The molecule has 2 aromatic rings. The first-order chi connectivity index (χ1) is 10.7. The van der Waals surface area contributed by atoms with Crippen LogP contribution in [-0.2, 0) is 5.51 Å². The maximum absolute atomic E-state index is 13.4. The summed E-state index contributed by atoms with van der Waals surface area (Å²) in [5.74, 6) is 0.136. The Balaban J connectivity index is 0.000000433. The number of benzene rings is 1. The monoisotopic (exact) mass is 412 g/mol. The zero-order valence-electron chi connectivity index (χ0n) is 12.4. The lowest BCUT2D eigenvalue weighted by atomic mass is 10.0. The van der Waals surface area contributed by atoms with Gasteiger partial charge in [-0.05, 0) is 31.4 Å². The highest BCUT2D eigenvalue weighted by atomic mass is 80.0. The van der Waals surface area contributed by atoms with Crippen LogP contribution < -0.4 is 12.6 Å². The van der Waals surface area contributed by atoms with Crippen molar-refractivity contribution in [3.63, 3.8) is 0 Å². The molecule has 23 heavy (non-hydrogen) atoms. The highest BCUT2D eigenvalue weighted by molar-refractivity contribution is 7.38. The Morgan fingerprint density at radius 1 is 1.13 bits per heavy atom. The first-order valence-electron chi connectivity index (χ1n) is 7.07. The first-order valence-corrected chi connectivity index (χ1v) is 10.2. The molecule has 1 fully saturated rings. The van der Waals surface area contributed by atoms with Crippen molar-refractivity contribution in [1.29, 1.82) is 0 Å². The van der Waals surface area contributed by atoms with Crippen LogP contribution in [0.15, 0.2) is 24.3 Å². The normalized spacial score (nSPS) is 16.8.